The van der Waals surface area contributed by atoms with Gasteiger partial charge in [-0.15, -0.1) is 0 Å². The molecule has 1 aliphatic rings. The van der Waals surface area contributed by atoms with E-state index in [1.165, 1.54) is 0 Å². The molecule has 0 aromatic rings. The minimum atomic E-state index is -2.28. The number of halogens is 2. The quantitative estimate of drug-likeness (QED) is 0.808. The summed E-state index contributed by atoms with van der Waals surface area (Å²) in [6.07, 6.45) is -1.35. The molecule has 0 aliphatic carbocycles. The van der Waals surface area contributed by atoms with Crippen molar-refractivity contribution in [3.8, 4) is 0 Å². The van der Waals surface area contributed by atoms with Gasteiger partial charge < -0.3 is 5.32 Å². The molecular formula is C13H26F2N2. The minimum absolute atomic E-state index is 0.0312. The Bertz CT molecular complexity index is 236. The molecule has 1 N–H and O–H groups in total. The molecule has 0 aromatic carbocycles. The van der Waals surface area contributed by atoms with Crippen LogP contribution in [0.4, 0.5) is 8.78 Å². The zero-order chi connectivity index (χ0) is 13.2. The Hall–Kier alpha value is -0.220. The van der Waals surface area contributed by atoms with Gasteiger partial charge in [0.2, 0.25) is 0 Å². The van der Waals surface area contributed by atoms with E-state index >= 15 is 0 Å². The molecule has 4 heteroatoms. The molecule has 0 saturated carbocycles. The van der Waals surface area contributed by atoms with Gasteiger partial charge in [0, 0.05) is 18.6 Å². The summed E-state index contributed by atoms with van der Waals surface area (Å²) in [5.41, 5.74) is 0.0312. The third-order valence-electron chi connectivity index (χ3n) is 3.58. The minimum Gasteiger partial charge on any atom is -0.315 e. The number of nitrogens with zero attached hydrogens (tertiary/aromatic N) is 1. The Kier molecular flexibility index (Phi) is 4.90. The molecule has 0 amide bonds. The van der Waals surface area contributed by atoms with Gasteiger partial charge in [-0.1, -0.05) is 20.8 Å². The van der Waals surface area contributed by atoms with Gasteiger partial charge in [0.25, 0.3) is 6.43 Å². The molecule has 0 bridgehead atoms. The highest BCUT2D eigenvalue weighted by atomic mass is 19.3. The molecule has 0 spiro atoms. The van der Waals surface area contributed by atoms with Crippen LogP contribution in [0.2, 0.25) is 0 Å². The fraction of sp³-hybridized carbons (Fsp3) is 1.00. The highest BCUT2D eigenvalue weighted by molar-refractivity contribution is 4.93. The maximum Gasteiger partial charge on any atom is 0.255 e. The maximum atomic E-state index is 13.2. The van der Waals surface area contributed by atoms with Crippen LogP contribution in [0.3, 0.4) is 0 Å². The first-order valence-electron chi connectivity index (χ1n) is 6.51. The summed E-state index contributed by atoms with van der Waals surface area (Å²) in [5.74, 6) is 0. The van der Waals surface area contributed by atoms with E-state index in [0.29, 0.717) is 6.54 Å². The van der Waals surface area contributed by atoms with Crippen LogP contribution in [-0.4, -0.2) is 42.5 Å². The smallest absolute Gasteiger partial charge is 0.255 e. The topological polar surface area (TPSA) is 15.3 Å². The Balaban J connectivity index is 3.00. The largest absolute Gasteiger partial charge is 0.315 e. The average molecular weight is 248 g/mol. The van der Waals surface area contributed by atoms with E-state index < -0.39 is 12.5 Å². The van der Waals surface area contributed by atoms with Crippen LogP contribution in [0.5, 0.6) is 0 Å². The lowest BCUT2D eigenvalue weighted by molar-refractivity contribution is -0.0346. The maximum absolute atomic E-state index is 13.2. The molecule has 1 aliphatic heterocycles. The summed E-state index contributed by atoms with van der Waals surface area (Å²) in [6, 6.07) is -0.309. The van der Waals surface area contributed by atoms with Crippen molar-refractivity contribution in [2.75, 3.05) is 13.1 Å². The summed E-state index contributed by atoms with van der Waals surface area (Å²) in [5, 5.41) is 3.14. The molecule has 1 fully saturated rings. The second-order valence-corrected chi connectivity index (χ2v) is 6.32. The van der Waals surface area contributed by atoms with Crippen LogP contribution in [-0.2, 0) is 0 Å². The number of alkyl halides is 2. The van der Waals surface area contributed by atoms with Gasteiger partial charge in [-0.05, 0) is 32.2 Å². The number of hydrogen-bond acceptors (Lipinski definition) is 2. The first-order valence-corrected chi connectivity index (χ1v) is 6.51. The van der Waals surface area contributed by atoms with Crippen molar-refractivity contribution < 1.29 is 8.78 Å². The molecule has 17 heavy (non-hydrogen) atoms. The highest BCUT2D eigenvalue weighted by Crippen LogP contribution is 2.32. The van der Waals surface area contributed by atoms with E-state index in [1.54, 1.807) is 0 Å². The predicted molar refractivity (Wildman–Crippen MR) is 67.5 cm³/mol. The monoisotopic (exact) mass is 248 g/mol. The van der Waals surface area contributed by atoms with Crippen LogP contribution in [0, 0.1) is 5.41 Å². The first kappa shape index (κ1) is 14.8. The lowest BCUT2D eigenvalue weighted by Gasteiger charge is -2.45. The van der Waals surface area contributed by atoms with Crippen molar-refractivity contribution in [2.24, 2.45) is 5.41 Å². The van der Waals surface area contributed by atoms with E-state index in [2.05, 4.69) is 26.1 Å². The van der Waals surface area contributed by atoms with E-state index in [0.717, 1.165) is 13.0 Å². The summed E-state index contributed by atoms with van der Waals surface area (Å²) >= 11 is 0. The zero-order valence-corrected chi connectivity index (χ0v) is 11.6. The van der Waals surface area contributed by atoms with Gasteiger partial charge in [0.15, 0.2) is 0 Å². The molecule has 102 valence electrons. The van der Waals surface area contributed by atoms with Gasteiger partial charge in [0.05, 0.1) is 6.04 Å². The average Bonchev–Trinajstić information content (AvgIpc) is 2.37. The number of nitrogens with one attached hydrogen (secondary N) is 1. The fourth-order valence-corrected chi connectivity index (χ4v) is 2.82. The fourth-order valence-electron chi connectivity index (χ4n) is 2.82. The molecule has 2 unspecified atom stereocenters. The van der Waals surface area contributed by atoms with Crippen molar-refractivity contribution in [2.45, 2.75) is 65.6 Å². The van der Waals surface area contributed by atoms with Gasteiger partial charge in [-0.3, -0.25) is 4.90 Å². The van der Waals surface area contributed by atoms with Crippen molar-refractivity contribution in [1.82, 2.24) is 10.2 Å². The molecule has 0 aromatic heterocycles. The Labute approximate surface area is 104 Å². The van der Waals surface area contributed by atoms with Crippen LogP contribution in [0.15, 0.2) is 0 Å². The first-order chi connectivity index (χ1) is 7.75. The van der Waals surface area contributed by atoms with Gasteiger partial charge in [-0.2, -0.15) is 0 Å². The van der Waals surface area contributed by atoms with Gasteiger partial charge >= 0.3 is 0 Å². The summed E-state index contributed by atoms with van der Waals surface area (Å²) in [6.45, 7) is 11.7. The molecule has 2 atom stereocenters. The van der Waals surface area contributed by atoms with E-state index in [4.69, 9.17) is 0 Å². The lowest BCUT2D eigenvalue weighted by Crippen LogP contribution is -2.55. The standard InChI is InChI=1S/C13H26F2N2/c1-9(2)17-10(12(14)15)8-16-7-6-11(17)13(3,4)5/h9-12,16H,6-8H2,1-5H3. The SMILES string of the molecule is CC(C)N1C(C(F)F)CNCCC1C(C)(C)C. The van der Waals surface area contributed by atoms with Crippen LogP contribution in [0.1, 0.15) is 41.0 Å². The van der Waals surface area contributed by atoms with E-state index in [1.807, 2.05) is 18.7 Å². The number of hydrogen-bond donors (Lipinski definition) is 1. The molecule has 1 heterocycles. The van der Waals surface area contributed by atoms with Gasteiger partial charge in [0.1, 0.15) is 0 Å². The van der Waals surface area contributed by atoms with E-state index in [9.17, 15) is 8.78 Å². The Morgan fingerprint density at radius 1 is 1.24 bits per heavy atom. The third kappa shape index (κ3) is 3.62. The second-order valence-electron chi connectivity index (χ2n) is 6.32. The van der Waals surface area contributed by atoms with Crippen LogP contribution in [0.25, 0.3) is 0 Å². The Morgan fingerprint density at radius 2 is 1.82 bits per heavy atom. The molecular weight excluding hydrogens is 222 g/mol. The van der Waals surface area contributed by atoms with Crippen molar-refractivity contribution >= 4 is 0 Å². The van der Waals surface area contributed by atoms with Gasteiger partial charge in [-0.25, -0.2) is 8.78 Å². The molecule has 2 nitrogen and oxygen atoms in total. The summed E-state index contributed by atoms with van der Waals surface area (Å²) in [4.78, 5) is 2.02. The van der Waals surface area contributed by atoms with E-state index in [-0.39, 0.29) is 17.5 Å². The number of rotatable bonds is 2. The lowest BCUT2D eigenvalue weighted by atomic mass is 9.82. The van der Waals surface area contributed by atoms with Crippen LogP contribution < -0.4 is 5.32 Å². The predicted octanol–water partition coefficient (Wildman–Crippen LogP) is 2.74. The van der Waals surface area contributed by atoms with Crippen LogP contribution >= 0.6 is 0 Å². The van der Waals surface area contributed by atoms with Crippen molar-refractivity contribution in [1.29, 1.82) is 0 Å². The molecule has 0 radical (unpaired) electrons. The molecule has 1 rings (SSSR count). The molecule has 1 saturated heterocycles. The Morgan fingerprint density at radius 3 is 2.24 bits per heavy atom. The second kappa shape index (κ2) is 5.61. The summed E-state index contributed by atoms with van der Waals surface area (Å²) < 4.78 is 26.4. The third-order valence-corrected chi connectivity index (χ3v) is 3.58. The highest BCUT2D eigenvalue weighted by Gasteiger charge is 2.40. The van der Waals surface area contributed by atoms with Crippen molar-refractivity contribution in [3.05, 3.63) is 0 Å². The summed E-state index contributed by atoms with van der Waals surface area (Å²) in [7, 11) is 0. The van der Waals surface area contributed by atoms with Crippen molar-refractivity contribution in [3.63, 3.8) is 0 Å². The normalized spacial score (nSPS) is 28.8. The zero-order valence-electron chi connectivity index (χ0n) is 11.6.